The minimum absolute atomic E-state index is 0.0663. The van der Waals surface area contributed by atoms with Crippen molar-refractivity contribution in [2.75, 3.05) is 49.3 Å². The molecule has 0 aromatic carbocycles. The van der Waals surface area contributed by atoms with E-state index < -0.39 is 161 Å². The van der Waals surface area contributed by atoms with E-state index in [4.69, 9.17) is 6.42 Å². The van der Waals surface area contributed by atoms with Gasteiger partial charge in [-0.3, -0.25) is 52.7 Å². The fraction of sp³-hybridized carbons (Fsp3) is 0.769. The second-order valence-corrected chi connectivity index (χ2v) is 27.1. The summed E-state index contributed by atoms with van der Waals surface area (Å²) >= 11 is 0. The van der Waals surface area contributed by atoms with Crippen LogP contribution in [0.4, 0.5) is 0 Å². The van der Waals surface area contributed by atoms with Gasteiger partial charge in [-0.2, -0.15) is 0 Å². The number of carbonyl (C=O) groups excluding carboxylic acids is 11. The van der Waals surface area contributed by atoms with E-state index in [0.717, 1.165) is 14.7 Å². The number of nitrogens with one attached hydrogen (secondary N) is 4. The summed E-state index contributed by atoms with van der Waals surface area (Å²) < 4.78 is 0. The van der Waals surface area contributed by atoms with Crippen LogP contribution in [-0.4, -0.2) is 237 Å². The van der Waals surface area contributed by atoms with Gasteiger partial charge in [0.05, 0.1) is 11.7 Å². The van der Waals surface area contributed by atoms with E-state index in [9.17, 15) is 53.4 Å². The van der Waals surface area contributed by atoms with Crippen LogP contribution in [0.1, 0.15) is 163 Å². The highest BCUT2D eigenvalue weighted by Crippen LogP contribution is 2.26. The number of carbonyl (C=O) groups is 11. The molecular weight excluding hydrogens is 1140 g/mol. The Morgan fingerprint density at radius 1 is 0.506 bits per heavy atom. The van der Waals surface area contributed by atoms with Crippen LogP contribution in [0.2, 0.25) is 0 Å². The number of terminal acetylenes is 1. The van der Waals surface area contributed by atoms with Crippen LogP contribution in [-0.2, 0) is 52.7 Å². The van der Waals surface area contributed by atoms with Gasteiger partial charge in [0.2, 0.25) is 65.0 Å². The van der Waals surface area contributed by atoms with Crippen molar-refractivity contribution in [2.24, 2.45) is 35.5 Å². The summed E-state index contributed by atoms with van der Waals surface area (Å²) in [6, 6.07) is -14.7. The minimum atomic E-state index is -1.68. The molecule has 0 spiro atoms. The number of allylic oxidation sites excluding steroid dienone is 2. The number of hydrogen-bond donors (Lipinski definition) is 6. The zero-order chi connectivity index (χ0) is 69.2. The van der Waals surface area contributed by atoms with Crippen molar-refractivity contribution < 1.29 is 63.0 Å². The molecule has 0 radical (unpaired) electrons. The van der Waals surface area contributed by atoms with Crippen molar-refractivity contribution in [3.05, 3.63) is 12.2 Å². The van der Waals surface area contributed by atoms with Gasteiger partial charge in [-0.15, -0.1) is 12.3 Å². The van der Waals surface area contributed by atoms with Crippen molar-refractivity contribution in [1.82, 2.24) is 55.6 Å². The summed E-state index contributed by atoms with van der Waals surface area (Å²) in [4.78, 5) is 170. The lowest BCUT2D eigenvalue weighted by Gasteiger charge is -2.41. The van der Waals surface area contributed by atoms with Crippen molar-refractivity contribution in [3.8, 4) is 12.3 Å². The molecular formula is C65H113N11O13. The van der Waals surface area contributed by atoms with Crippen molar-refractivity contribution in [3.63, 3.8) is 0 Å². The van der Waals surface area contributed by atoms with Crippen LogP contribution in [0.5, 0.6) is 0 Å². The first kappa shape index (κ1) is 80.4. The summed E-state index contributed by atoms with van der Waals surface area (Å²) in [5, 5.41) is 34.2. The van der Waals surface area contributed by atoms with E-state index in [1.54, 1.807) is 60.6 Å². The first-order valence-corrected chi connectivity index (χ1v) is 31.5. The highest BCUT2D eigenvalue weighted by molar-refractivity contribution is 6.00. The SMILES string of the molecule is C#CC[C@@H]1C(=O)N(C)[C@@H](CC(C)(C)O)C(=O)N[C@@H](C(C)C)C(=O)N(C)[C@@H](CC(C)C)C(=O)N[C@@H](C)C(=O)N[C@H](C)C(=O)N(C)[C@@H](CC(C)C)C(=O)N(C)[C@@H](CC(C)C)C(=O)N(C)[C@@H](C(C)C)C(=O)N(C)[C@@H]([C@H](O)[C@H](C)C/C=C/C)C(=O)N[C@@H](CC)C(=O)N1C. The standard InChI is InChI=1S/C65H113N11O13/c1-26-29-31-41(14)53(77)52-57(81)68-44(28-3)59(83)70(19)45(30-27-2)60(84)74(23)49(35-65(17,18)89)56(80)69-50(39(10)11)63(87)71(20)46(32-36(4)5)55(79)66-42(15)54(78)67-43(16)58(82)72(21)47(33-37(6)7)61(85)73(22)48(34-38(8)9)62(86)75(24)51(40(12)13)64(88)76(52)25/h2,26,29,36-53,77,89H,28,30-35H2,1,3-25H3,(H,66,79)(H,67,78)(H,68,81)(H,69,80)/b29-26+/t41-,42+,43-,44+,45-,46+,47+,48+,49+,50+,51+,52+,53-/m1/s1. The number of aliphatic hydroxyl groups is 2. The maximum Gasteiger partial charge on any atom is 0.246 e. The smallest absolute Gasteiger partial charge is 0.246 e. The van der Waals surface area contributed by atoms with Crippen molar-refractivity contribution in [1.29, 1.82) is 0 Å². The molecule has 13 atom stereocenters. The van der Waals surface area contributed by atoms with Crippen LogP contribution < -0.4 is 21.3 Å². The van der Waals surface area contributed by atoms with Crippen LogP contribution in [0, 0.1) is 47.9 Å². The van der Waals surface area contributed by atoms with Gasteiger partial charge in [0.15, 0.2) is 0 Å². The third-order valence-corrected chi connectivity index (χ3v) is 16.7. The molecule has 0 aromatic heterocycles. The van der Waals surface area contributed by atoms with Crippen LogP contribution >= 0.6 is 0 Å². The monoisotopic (exact) mass is 1260 g/mol. The maximum absolute atomic E-state index is 15.2. The zero-order valence-corrected chi connectivity index (χ0v) is 58.1. The van der Waals surface area contributed by atoms with Gasteiger partial charge < -0.3 is 65.8 Å². The molecule has 1 heterocycles. The van der Waals surface area contributed by atoms with E-state index in [-0.39, 0.29) is 62.7 Å². The van der Waals surface area contributed by atoms with E-state index >= 15 is 9.59 Å². The Hall–Kier alpha value is -6.61. The van der Waals surface area contributed by atoms with E-state index in [1.807, 2.05) is 41.5 Å². The Labute approximate surface area is 531 Å². The number of amides is 11. The Bertz CT molecular complexity index is 2520. The fourth-order valence-corrected chi connectivity index (χ4v) is 11.1. The summed E-state index contributed by atoms with van der Waals surface area (Å²) in [5.74, 6) is -8.29. The summed E-state index contributed by atoms with van der Waals surface area (Å²) in [6.45, 7) is 28.6. The normalized spacial score (nSPS) is 27.1. The van der Waals surface area contributed by atoms with Crippen molar-refractivity contribution >= 4 is 65.0 Å². The zero-order valence-electron chi connectivity index (χ0n) is 58.1. The first-order valence-electron chi connectivity index (χ1n) is 31.5. The minimum Gasteiger partial charge on any atom is -0.390 e. The molecule has 24 heteroatoms. The quantitative estimate of drug-likeness (QED) is 0.0959. The number of rotatable bonds is 16. The predicted molar refractivity (Wildman–Crippen MR) is 342 cm³/mol. The number of likely N-dealkylation sites (N-methyl/N-ethyl adjacent to an activating group) is 7. The Morgan fingerprint density at radius 2 is 0.921 bits per heavy atom. The summed E-state index contributed by atoms with van der Waals surface area (Å²) in [6.07, 6.45) is 7.66. The Morgan fingerprint density at radius 3 is 1.37 bits per heavy atom. The molecule has 1 aliphatic heterocycles. The molecule has 0 bridgehead atoms. The Kier molecular flexibility index (Phi) is 32.2. The molecule has 1 rings (SSSR count). The number of aliphatic hydroxyl groups excluding tert-OH is 1. The van der Waals surface area contributed by atoms with Crippen LogP contribution in [0.15, 0.2) is 12.2 Å². The molecule has 1 saturated heterocycles. The largest absolute Gasteiger partial charge is 0.390 e. The lowest BCUT2D eigenvalue weighted by Crippen LogP contribution is -2.64. The number of nitrogens with zero attached hydrogens (tertiary/aromatic N) is 7. The second-order valence-electron chi connectivity index (χ2n) is 27.1. The van der Waals surface area contributed by atoms with Crippen LogP contribution in [0.25, 0.3) is 0 Å². The molecule has 11 amide bonds. The van der Waals surface area contributed by atoms with Gasteiger partial charge in [-0.1, -0.05) is 95.2 Å². The Balaban J connectivity index is 4.49. The van der Waals surface area contributed by atoms with Crippen molar-refractivity contribution in [2.45, 2.75) is 241 Å². The second kappa shape index (κ2) is 35.7. The average Bonchev–Trinajstić information content (AvgIpc) is 1.10. The molecule has 506 valence electrons. The molecule has 1 fully saturated rings. The molecule has 6 N–H and O–H groups in total. The third-order valence-electron chi connectivity index (χ3n) is 16.7. The van der Waals surface area contributed by atoms with Gasteiger partial charge in [0, 0.05) is 62.2 Å². The molecule has 24 nitrogen and oxygen atoms in total. The number of hydrogen-bond acceptors (Lipinski definition) is 13. The molecule has 89 heavy (non-hydrogen) atoms. The third kappa shape index (κ3) is 22.4. The topological polar surface area (TPSA) is 299 Å². The molecule has 0 aromatic rings. The van der Waals surface area contributed by atoms with Crippen LogP contribution in [0.3, 0.4) is 0 Å². The van der Waals surface area contributed by atoms with E-state index in [1.165, 1.54) is 96.6 Å². The van der Waals surface area contributed by atoms with Gasteiger partial charge >= 0.3 is 0 Å². The lowest BCUT2D eigenvalue weighted by atomic mass is 9.91. The highest BCUT2D eigenvalue weighted by Gasteiger charge is 2.46. The predicted octanol–water partition coefficient (Wildman–Crippen LogP) is 2.78. The lowest BCUT2D eigenvalue weighted by molar-refractivity contribution is -0.157. The van der Waals surface area contributed by atoms with Gasteiger partial charge in [-0.25, -0.2) is 0 Å². The summed E-state index contributed by atoms with van der Waals surface area (Å²) in [7, 11) is 9.58. The van der Waals surface area contributed by atoms with Gasteiger partial charge in [0.1, 0.15) is 66.5 Å². The fourth-order valence-electron chi connectivity index (χ4n) is 11.1. The van der Waals surface area contributed by atoms with Gasteiger partial charge in [0.25, 0.3) is 0 Å². The molecule has 0 saturated carbocycles. The molecule has 0 unspecified atom stereocenters. The van der Waals surface area contributed by atoms with Gasteiger partial charge in [-0.05, 0) is 102 Å². The summed E-state index contributed by atoms with van der Waals surface area (Å²) in [5.41, 5.74) is -1.60. The highest BCUT2D eigenvalue weighted by atomic mass is 16.3. The average molecular weight is 1260 g/mol. The first-order chi connectivity index (χ1) is 41.0. The molecule has 0 aliphatic carbocycles. The maximum atomic E-state index is 15.2. The molecule has 1 aliphatic rings. The van der Waals surface area contributed by atoms with E-state index in [0.29, 0.717) is 0 Å². The van der Waals surface area contributed by atoms with E-state index in [2.05, 4.69) is 27.2 Å².